The number of nitrogens with one attached hydrogen (secondary N) is 1. The van der Waals surface area contributed by atoms with Gasteiger partial charge in [0, 0.05) is 18.4 Å². The summed E-state index contributed by atoms with van der Waals surface area (Å²) in [4.78, 5) is 27.2. The number of rotatable bonds is 7. The average Bonchev–Trinajstić information content (AvgIpc) is 2.99. The lowest BCUT2D eigenvalue weighted by atomic mass is 10.0. The van der Waals surface area contributed by atoms with Gasteiger partial charge >= 0.3 is 5.97 Å². The number of oxazole rings is 1. The van der Waals surface area contributed by atoms with Crippen molar-refractivity contribution in [3.05, 3.63) is 41.9 Å². The van der Waals surface area contributed by atoms with E-state index in [9.17, 15) is 9.59 Å². The molecule has 1 aromatic heterocycles. The molecule has 0 aliphatic carbocycles. The highest BCUT2D eigenvalue weighted by atomic mass is 16.4. The third-order valence-corrected chi connectivity index (χ3v) is 3.70. The van der Waals surface area contributed by atoms with Crippen LogP contribution in [0, 0.1) is 12.8 Å². The van der Waals surface area contributed by atoms with Gasteiger partial charge in [0.15, 0.2) is 11.7 Å². The fraction of sp³-hybridized carbons (Fsp3) is 0.389. The highest BCUT2D eigenvalue weighted by Crippen LogP contribution is 2.21. The van der Waals surface area contributed by atoms with Crippen molar-refractivity contribution in [3.63, 3.8) is 0 Å². The quantitative estimate of drug-likeness (QED) is 0.814. The fourth-order valence-corrected chi connectivity index (χ4v) is 2.26. The molecule has 0 aliphatic heterocycles. The molecule has 1 atom stereocenters. The zero-order chi connectivity index (χ0) is 17.7. The second kappa shape index (κ2) is 7.77. The van der Waals surface area contributed by atoms with Gasteiger partial charge in [-0.25, -0.2) is 9.78 Å². The second-order valence-electron chi connectivity index (χ2n) is 6.11. The minimum absolute atomic E-state index is 0.129. The number of aryl methyl sites for hydroxylation is 2. The Morgan fingerprint density at radius 3 is 2.50 bits per heavy atom. The Hall–Kier alpha value is -2.63. The molecule has 6 nitrogen and oxygen atoms in total. The standard InChI is InChI=1S/C18H22N2O4/c1-11(2)17(18(22)23)20-15(21)8-9-16-19-10-14(24-16)13-6-4-12(3)5-7-13/h4-7,10-11,17H,8-9H2,1-3H3,(H,20,21)(H,22,23)/t17-/m0/s1. The number of nitrogens with zero attached hydrogens (tertiary/aromatic N) is 1. The average molecular weight is 330 g/mol. The van der Waals surface area contributed by atoms with Gasteiger partial charge in [-0.3, -0.25) is 4.79 Å². The summed E-state index contributed by atoms with van der Waals surface area (Å²) < 4.78 is 5.65. The van der Waals surface area contributed by atoms with E-state index in [-0.39, 0.29) is 18.2 Å². The third kappa shape index (κ3) is 4.68. The fourth-order valence-electron chi connectivity index (χ4n) is 2.26. The lowest BCUT2D eigenvalue weighted by Crippen LogP contribution is -2.44. The molecule has 24 heavy (non-hydrogen) atoms. The molecule has 6 heteroatoms. The van der Waals surface area contributed by atoms with Crippen LogP contribution in [0.5, 0.6) is 0 Å². The van der Waals surface area contributed by atoms with Gasteiger partial charge in [-0.1, -0.05) is 43.7 Å². The van der Waals surface area contributed by atoms with Gasteiger partial charge in [0.05, 0.1) is 6.20 Å². The Morgan fingerprint density at radius 2 is 1.92 bits per heavy atom. The maximum atomic E-state index is 11.9. The summed E-state index contributed by atoms with van der Waals surface area (Å²) in [6.07, 6.45) is 2.08. The van der Waals surface area contributed by atoms with Crippen LogP contribution in [0.25, 0.3) is 11.3 Å². The number of carbonyl (C=O) groups is 2. The van der Waals surface area contributed by atoms with E-state index in [1.54, 1.807) is 20.0 Å². The predicted octanol–water partition coefficient (Wildman–Crippen LogP) is 2.81. The summed E-state index contributed by atoms with van der Waals surface area (Å²) in [5.41, 5.74) is 2.09. The van der Waals surface area contributed by atoms with E-state index >= 15 is 0 Å². The first-order valence-corrected chi connectivity index (χ1v) is 7.90. The topological polar surface area (TPSA) is 92.4 Å². The smallest absolute Gasteiger partial charge is 0.326 e. The normalized spacial score (nSPS) is 12.2. The number of hydrogen-bond acceptors (Lipinski definition) is 4. The summed E-state index contributed by atoms with van der Waals surface area (Å²) in [5.74, 6) is -0.434. The molecule has 0 aliphatic rings. The summed E-state index contributed by atoms with van der Waals surface area (Å²) in [5, 5.41) is 11.6. The minimum atomic E-state index is -1.03. The van der Waals surface area contributed by atoms with Crippen molar-refractivity contribution in [1.29, 1.82) is 0 Å². The molecule has 0 saturated carbocycles. The summed E-state index contributed by atoms with van der Waals surface area (Å²) >= 11 is 0. The minimum Gasteiger partial charge on any atom is -0.480 e. The van der Waals surface area contributed by atoms with Crippen LogP contribution in [-0.4, -0.2) is 28.0 Å². The molecule has 0 unspecified atom stereocenters. The van der Waals surface area contributed by atoms with Gasteiger partial charge in [0.2, 0.25) is 5.91 Å². The van der Waals surface area contributed by atoms with Crippen molar-refractivity contribution in [1.82, 2.24) is 10.3 Å². The molecular formula is C18H22N2O4. The van der Waals surface area contributed by atoms with Gasteiger partial charge in [0.25, 0.3) is 0 Å². The zero-order valence-electron chi connectivity index (χ0n) is 14.1. The summed E-state index contributed by atoms with van der Waals surface area (Å²) in [6, 6.07) is 7.00. The zero-order valence-corrected chi connectivity index (χ0v) is 14.1. The molecule has 2 aromatic rings. The molecule has 2 N–H and O–H groups in total. The summed E-state index contributed by atoms with van der Waals surface area (Å²) in [6.45, 7) is 5.51. The van der Waals surface area contributed by atoms with Gasteiger partial charge in [-0.2, -0.15) is 0 Å². The maximum Gasteiger partial charge on any atom is 0.326 e. The van der Waals surface area contributed by atoms with Crippen molar-refractivity contribution in [2.24, 2.45) is 5.92 Å². The molecule has 0 spiro atoms. The number of benzene rings is 1. The molecule has 0 saturated heterocycles. The Morgan fingerprint density at radius 1 is 1.25 bits per heavy atom. The molecule has 1 aromatic carbocycles. The Balaban J connectivity index is 1.92. The van der Waals surface area contributed by atoms with Crippen LogP contribution < -0.4 is 5.32 Å². The second-order valence-corrected chi connectivity index (χ2v) is 6.11. The Kier molecular flexibility index (Phi) is 5.73. The highest BCUT2D eigenvalue weighted by molar-refractivity contribution is 5.83. The molecule has 2 rings (SSSR count). The molecule has 1 heterocycles. The number of carbonyl (C=O) groups excluding carboxylic acids is 1. The van der Waals surface area contributed by atoms with Crippen LogP contribution in [-0.2, 0) is 16.0 Å². The van der Waals surface area contributed by atoms with Gasteiger partial charge in [-0.15, -0.1) is 0 Å². The van der Waals surface area contributed by atoms with Crippen LogP contribution in [0.2, 0.25) is 0 Å². The number of carboxylic acids is 1. The van der Waals surface area contributed by atoms with Crippen molar-refractivity contribution in [3.8, 4) is 11.3 Å². The van der Waals surface area contributed by atoms with Crippen molar-refractivity contribution in [2.45, 2.75) is 39.7 Å². The highest BCUT2D eigenvalue weighted by Gasteiger charge is 2.23. The van der Waals surface area contributed by atoms with Gasteiger partial charge in [0.1, 0.15) is 6.04 Å². The number of aromatic nitrogens is 1. The molecular weight excluding hydrogens is 308 g/mol. The largest absolute Gasteiger partial charge is 0.480 e. The third-order valence-electron chi connectivity index (χ3n) is 3.70. The van der Waals surface area contributed by atoms with Gasteiger partial charge in [-0.05, 0) is 12.8 Å². The van der Waals surface area contributed by atoms with Crippen LogP contribution in [0.1, 0.15) is 31.7 Å². The lowest BCUT2D eigenvalue weighted by Gasteiger charge is -2.17. The van der Waals surface area contributed by atoms with E-state index < -0.39 is 12.0 Å². The van der Waals surface area contributed by atoms with Crippen molar-refractivity contribution < 1.29 is 19.1 Å². The van der Waals surface area contributed by atoms with E-state index in [1.165, 1.54) is 0 Å². The van der Waals surface area contributed by atoms with Crippen molar-refractivity contribution >= 4 is 11.9 Å². The van der Waals surface area contributed by atoms with Crippen LogP contribution >= 0.6 is 0 Å². The van der Waals surface area contributed by atoms with Crippen LogP contribution in [0.4, 0.5) is 0 Å². The number of aliphatic carboxylic acids is 1. The first kappa shape index (κ1) is 17.7. The van der Waals surface area contributed by atoms with E-state index in [1.807, 2.05) is 31.2 Å². The molecule has 1 amide bonds. The van der Waals surface area contributed by atoms with E-state index in [0.29, 0.717) is 18.1 Å². The SMILES string of the molecule is Cc1ccc(-c2cnc(CCC(=O)N[C@H](C(=O)O)C(C)C)o2)cc1. The molecule has 0 bridgehead atoms. The van der Waals surface area contributed by atoms with E-state index in [0.717, 1.165) is 11.1 Å². The molecule has 0 fully saturated rings. The Labute approximate surface area is 140 Å². The molecule has 0 radical (unpaired) electrons. The monoisotopic (exact) mass is 330 g/mol. The first-order chi connectivity index (χ1) is 11.4. The number of carboxylic acid groups (broad SMARTS) is 1. The summed E-state index contributed by atoms with van der Waals surface area (Å²) in [7, 11) is 0. The molecule has 128 valence electrons. The number of amides is 1. The van der Waals surface area contributed by atoms with Crippen LogP contribution in [0.15, 0.2) is 34.9 Å². The lowest BCUT2D eigenvalue weighted by molar-refractivity contribution is -0.143. The van der Waals surface area contributed by atoms with Crippen molar-refractivity contribution in [2.75, 3.05) is 0 Å². The van der Waals surface area contributed by atoms with E-state index in [2.05, 4.69) is 10.3 Å². The first-order valence-electron chi connectivity index (χ1n) is 7.90. The number of hydrogen-bond donors (Lipinski definition) is 2. The van der Waals surface area contributed by atoms with E-state index in [4.69, 9.17) is 9.52 Å². The van der Waals surface area contributed by atoms with Gasteiger partial charge < -0.3 is 14.8 Å². The Bertz CT molecular complexity index is 704. The maximum absolute atomic E-state index is 11.9. The predicted molar refractivity (Wildman–Crippen MR) is 89.4 cm³/mol. The van der Waals surface area contributed by atoms with Crippen LogP contribution in [0.3, 0.4) is 0 Å².